The zero-order valence-corrected chi connectivity index (χ0v) is 22.2. The van der Waals surface area contributed by atoms with Crippen molar-refractivity contribution in [2.75, 3.05) is 42.7 Å². The van der Waals surface area contributed by atoms with Gasteiger partial charge < -0.3 is 15.1 Å². The Bertz CT molecular complexity index is 1330. The molecule has 0 saturated carbocycles. The summed E-state index contributed by atoms with van der Waals surface area (Å²) in [5.41, 5.74) is 0.636. The topological polar surface area (TPSA) is 92.0 Å². The Hall–Kier alpha value is -3.58. The number of rotatable bonds is 8. The summed E-state index contributed by atoms with van der Waals surface area (Å²) < 4.78 is 42.1. The first-order chi connectivity index (χ1) is 18.5. The molecule has 0 radical (unpaired) electrons. The van der Waals surface area contributed by atoms with Gasteiger partial charge in [0.2, 0.25) is 0 Å². The fraction of sp³-hybridized carbons (Fsp3) is 0.500. The maximum absolute atomic E-state index is 13.9. The van der Waals surface area contributed by atoms with Crippen molar-refractivity contribution in [3.05, 3.63) is 68.4 Å². The van der Waals surface area contributed by atoms with Gasteiger partial charge in [0.25, 0.3) is 5.56 Å². The van der Waals surface area contributed by atoms with Crippen molar-refractivity contribution < 1.29 is 22.8 Å². The van der Waals surface area contributed by atoms with Crippen molar-refractivity contribution >= 4 is 17.5 Å². The Kier molecular flexibility index (Phi) is 8.50. The minimum Gasteiger partial charge on any atom is -0.327 e. The van der Waals surface area contributed by atoms with Crippen molar-refractivity contribution in [3.8, 4) is 0 Å². The van der Waals surface area contributed by atoms with E-state index in [0.29, 0.717) is 39.0 Å². The molecule has 1 aromatic heterocycles. The van der Waals surface area contributed by atoms with Gasteiger partial charge in [0.05, 0.1) is 0 Å². The second-order valence-corrected chi connectivity index (χ2v) is 9.83. The van der Waals surface area contributed by atoms with Crippen LogP contribution in [0.1, 0.15) is 25.8 Å². The minimum absolute atomic E-state index is 0.00724. The lowest BCUT2D eigenvalue weighted by atomic mass is 10.1. The van der Waals surface area contributed by atoms with Gasteiger partial charge in [0, 0.05) is 46.3 Å². The number of hydrogen-bond donors (Lipinski definition) is 1. The molecule has 3 heterocycles. The number of carbonyl (C=O) groups excluding carboxylic acids is 1. The molecule has 1 atom stereocenters. The fourth-order valence-electron chi connectivity index (χ4n) is 4.84. The molecule has 1 fully saturated rings. The van der Waals surface area contributed by atoms with Gasteiger partial charge in [-0.1, -0.05) is 42.0 Å². The average molecular weight is 551 g/mol. The Morgan fingerprint density at radius 3 is 2.41 bits per heavy atom. The highest BCUT2D eigenvalue weighted by Crippen LogP contribution is 2.38. The number of piperazine rings is 1. The molecule has 2 aliphatic rings. The van der Waals surface area contributed by atoms with E-state index >= 15 is 0 Å². The molecule has 10 nitrogen and oxygen atoms in total. The van der Waals surface area contributed by atoms with Gasteiger partial charge in [-0.05, 0) is 32.3 Å². The van der Waals surface area contributed by atoms with Gasteiger partial charge >= 0.3 is 17.8 Å². The van der Waals surface area contributed by atoms with E-state index in [9.17, 15) is 27.6 Å². The molecule has 2 aromatic rings. The number of fused-ring (bicyclic) bond motifs is 1. The smallest absolute Gasteiger partial charge is 0.327 e. The standard InChI is InChI=1S/C26H33F3N6O4/c1-18(2)11-15-33-20-21(35(39-23(37)26(27,28)29)24(33)32-16-12-30-13-17-32)31(3)25(38)34(22(20)36)14-7-10-19-8-5-4-6-9-19/h4-6,8-9,11,24,30H,7,10,12-17H2,1-3H3. The molecule has 0 bridgehead atoms. The van der Waals surface area contributed by atoms with Crippen LogP contribution in [0.4, 0.5) is 24.7 Å². The first-order valence-corrected chi connectivity index (χ1v) is 12.8. The maximum Gasteiger partial charge on any atom is 0.493 e. The Morgan fingerprint density at radius 2 is 1.79 bits per heavy atom. The molecule has 1 saturated heterocycles. The van der Waals surface area contributed by atoms with E-state index in [0.717, 1.165) is 25.3 Å². The highest BCUT2D eigenvalue weighted by molar-refractivity contribution is 5.80. The molecule has 13 heteroatoms. The van der Waals surface area contributed by atoms with E-state index in [2.05, 4.69) is 5.32 Å². The number of aromatic nitrogens is 2. The number of halogens is 3. The summed E-state index contributed by atoms with van der Waals surface area (Å²) in [5.74, 6) is -2.62. The maximum atomic E-state index is 13.9. The monoisotopic (exact) mass is 550 g/mol. The third-order valence-corrected chi connectivity index (χ3v) is 6.76. The van der Waals surface area contributed by atoms with Crippen LogP contribution in [0.2, 0.25) is 0 Å². The van der Waals surface area contributed by atoms with E-state index in [1.165, 1.54) is 7.05 Å². The number of allylic oxidation sites excluding steroid dienone is 1. The molecule has 1 N–H and O–H groups in total. The number of hydrogen-bond acceptors (Lipinski definition) is 8. The number of aryl methyl sites for hydroxylation is 1. The van der Waals surface area contributed by atoms with Crippen LogP contribution in [0, 0.1) is 0 Å². The zero-order valence-electron chi connectivity index (χ0n) is 22.2. The van der Waals surface area contributed by atoms with Crippen LogP contribution in [0.25, 0.3) is 0 Å². The second-order valence-electron chi connectivity index (χ2n) is 9.83. The minimum atomic E-state index is -5.27. The summed E-state index contributed by atoms with van der Waals surface area (Å²) in [6.07, 6.45) is -3.36. The van der Waals surface area contributed by atoms with Crippen LogP contribution >= 0.6 is 0 Å². The van der Waals surface area contributed by atoms with Crippen molar-refractivity contribution in [2.45, 2.75) is 45.7 Å². The number of anilines is 2. The summed E-state index contributed by atoms with van der Waals surface area (Å²) in [5, 5.41) is 3.95. The molecule has 39 heavy (non-hydrogen) atoms. The van der Waals surface area contributed by atoms with E-state index in [1.54, 1.807) is 4.90 Å². The molecule has 212 valence electrons. The number of benzene rings is 1. The molecule has 1 aromatic carbocycles. The molecule has 2 aliphatic heterocycles. The lowest BCUT2D eigenvalue weighted by molar-refractivity contribution is -0.203. The van der Waals surface area contributed by atoms with Gasteiger partial charge in [-0.15, -0.1) is 5.06 Å². The highest BCUT2D eigenvalue weighted by atomic mass is 19.4. The van der Waals surface area contributed by atoms with Gasteiger partial charge in [-0.3, -0.25) is 18.8 Å². The number of nitrogens with one attached hydrogen (secondary N) is 1. The van der Waals surface area contributed by atoms with Crippen LogP contribution in [-0.2, 0) is 29.6 Å². The molecule has 0 spiro atoms. The van der Waals surface area contributed by atoms with Crippen LogP contribution in [0.3, 0.4) is 0 Å². The van der Waals surface area contributed by atoms with Gasteiger partial charge in [0.1, 0.15) is 0 Å². The van der Waals surface area contributed by atoms with Crippen molar-refractivity contribution in [2.24, 2.45) is 7.05 Å². The van der Waals surface area contributed by atoms with E-state index < -0.39 is 29.7 Å². The highest BCUT2D eigenvalue weighted by Gasteiger charge is 2.50. The van der Waals surface area contributed by atoms with E-state index in [1.807, 2.05) is 55.2 Å². The zero-order chi connectivity index (χ0) is 28.3. The van der Waals surface area contributed by atoms with Crippen molar-refractivity contribution in [1.82, 2.24) is 19.4 Å². The fourth-order valence-corrected chi connectivity index (χ4v) is 4.84. The number of alkyl halides is 3. The molecule has 0 amide bonds. The Labute approximate surface area is 223 Å². The first-order valence-electron chi connectivity index (χ1n) is 12.8. The summed E-state index contributed by atoms with van der Waals surface area (Å²) in [7, 11) is 1.36. The van der Waals surface area contributed by atoms with Crippen LogP contribution < -0.4 is 26.5 Å². The van der Waals surface area contributed by atoms with Gasteiger partial charge in [-0.25, -0.2) is 9.59 Å². The van der Waals surface area contributed by atoms with Gasteiger partial charge in [0.15, 0.2) is 17.8 Å². The Morgan fingerprint density at radius 1 is 1.13 bits per heavy atom. The number of nitrogens with zero attached hydrogens (tertiary/aromatic N) is 5. The Balaban J connectivity index is 1.81. The molecular formula is C26H33F3N6O4. The summed E-state index contributed by atoms with van der Waals surface area (Å²) in [6.45, 7) is 5.93. The third kappa shape index (κ3) is 6.04. The first kappa shape index (κ1) is 28.4. The summed E-state index contributed by atoms with van der Waals surface area (Å²) in [4.78, 5) is 47.6. The molecule has 0 aliphatic carbocycles. The normalized spacial score (nSPS) is 17.7. The second kappa shape index (κ2) is 11.7. The number of hydroxylamine groups is 1. The van der Waals surface area contributed by atoms with Crippen LogP contribution in [0.15, 0.2) is 51.6 Å². The SMILES string of the molecule is CC(C)=CCN1c2c(n(C)c(=O)n(CCCc3ccccc3)c2=O)N(OC(=O)C(F)(F)F)C1N1CCNCC1. The van der Waals surface area contributed by atoms with Crippen molar-refractivity contribution in [1.29, 1.82) is 0 Å². The van der Waals surface area contributed by atoms with Gasteiger partial charge in [-0.2, -0.15) is 13.2 Å². The van der Waals surface area contributed by atoms with E-state index in [4.69, 9.17) is 4.84 Å². The lowest BCUT2D eigenvalue weighted by Gasteiger charge is -2.40. The molecule has 4 rings (SSSR count). The van der Waals surface area contributed by atoms with E-state index in [-0.39, 0.29) is 24.6 Å². The predicted octanol–water partition coefficient (Wildman–Crippen LogP) is 1.98. The van der Waals surface area contributed by atoms with Crippen LogP contribution in [-0.4, -0.2) is 65.2 Å². The number of carbonyl (C=O) groups is 1. The molecule has 1 unspecified atom stereocenters. The molecular weight excluding hydrogens is 517 g/mol. The lowest BCUT2D eigenvalue weighted by Crippen LogP contribution is -2.61. The largest absolute Gasteiger partial charge is 0.493 e. The van der Waals surface area contributed by atoms with Crippen LogP contribution in [0.5, 0.6) is 0 Å². The summed E-state index contributed by atoms with van der Waals surface area (Å²) in [6, 6.07) is 9.62. The van der Waals surface area contributed by atoms with Crippen molar-refractivity contribution in [3.63, 3.8) is 0 Å². The third-order valence-electron chi connectivity index (χ3n) is 6.76. The average Bonchev–Trinajstić information content (AvgIpc) is 3.22. The predicted molar refractivity (Wildman–Crippen MR) is 140 cm³/mol. The summed E-state index contributed by atoms with van der Waals surface area (Å²) >= 11 is 0. The quantitative estimate of drug-likeness (QED) is 0.499.